The average molecular weight is 188 g/mol. The molecule has 1 rings (SSSR count). The lowest BCUT2D eigenvalue weighted by Gasteiger charge is -2.22. The van der Waals surface area contributed by atoms with Crippen LogP contribution in [0.15, 0.2) is 0 Å². The lowest BCUT2D eigenvalue weighted by atomic mass is 9.91. The minimum atomic E-state index is -4.97. The first-order chi connectivity index (χ1) is 5.29. The van der Waals surface area contributed by atoms with Crippen LogP contribution in [0, 0.1) is 0 Å². The van der Waals surface area contributed by atoms with Crippen LogP contribution in [0.3, 0.4) is 0 Å². The summed E-state index contributed by atoms with van der Waals surface area (Å²) in [4.78, 5) is 0.750. The van der Waals surface area contributed by atoms with Gasteiger partial charge in [-0.2, -0.15) is 0 Å². The minimum Gasteiger partial charge on any atom is -0.448 e. The lowest BCUT2D eigenvalue weighted by molar-refractivity contribution is 0.0132. The Hall–Kier alpha value is -0.325. The van der Waals surface area contributed by atoms with Crippen molar-refractivity contribution in [1.82, 2.24) is 4.90 Å². The van der Waals surface area contributed by atoms with Gasteiger partial charge in [-0.15, -0.1) is 0 Å². The molecule has 0 atom stereocenters. The first-order valence-electron chi connectivity index (χ1n) is 3.60. The second kappa shape index (κ2) is 2.87. The summed E-state index contributed by atoms with van der Waals surface area (Å²) in [5, 5.41) is 0. The van der Waals surface area contributed by atoms with Crippen LogP contribution in [0.5, 0.6) is 0 Å². The molecular weight excluding hydrogens is 180 g/mol. The van der Waals surface area contributed by atoms with Crippen LogP contribution >= 0.6 is 0 Å². The highest BCUT2D eigenvalue weighted by Gasteiger charge is 2.40. The Morgan fingerprint density at radius 3 is 2.17 bits per heavy atom. The number of hydrogen-bond acceptors (Lipinski definition) is 1. The fourth-order valence-electron chi connectivity index (χ4n) is 1.26. The molecule has 1 saturated heterocycles. The maximum atomic E-state index is 12.4. The second-order valence-corrected chi connectivity index (χ2v) is 3.05. The Bertz CT molecular complexity index is 168. The Balaban J connectivity index is 2.39. The standard InChI is InChI=1S/C5H8BF5N/c7-5(8)1-2-12(3-5)4-6(9,10)11/h1-4H2/q-1. The zero-order chi connectivity index (χ0) is 9.41. The van der Waals surface area contributed by atoms with Crippen molar-refractivity contribution in [3.63, 3.8) is 0 Å². The monoisotopic (exact) mass is 188 g/mol. The summed E-state index contributed by atoms with van der Waals surface area (Å²) < 4.78 is 59.9. The molecule has 0 radical (unpaired) electrons. The quantitative estimate of drug-likeness (QED) is 0.470. The van der Waals surface area contributed by atoms with E-state index in [0.29, 0.717) is 0 Å². The van der Waals surface area contributed by atoms with Crippen LogP contribution in [0.25, 0.3) is 0 Å². The Morgan fingerprint density at radius 1 is 1.25 bits per heavy atom. The van der Waals surface area contributed by atoms with Crippen LogP contribution in [-0.4, -0.2) is 37.3 Å². The van der Waals surface area contributed by atoms with Gasteiger partial charge in [0.1, 0.15) is 0 Å². The van der Waals surface area contributed by atoms with Crippen LogP contribution in [0.4, 0.5) is 21.7 Å². The molecule has 0 aliphatic carbocycles. The second-order valence-electron chi connectivity index (χ2n) is 3.05. The van der Waals surface area contributed by atoms with Crippen molar-refractivity contribution in [3.05, 3.63) is 0 Å². The van der Waals surface area contributed by atoms with Crippen LogP contribution in [0.1, 0.15) is 6.42 Å². The summed E-state index contributed by atoms with van der Waals surface area (Å²) in [7, 11) is 0. The van der Waals surface area contributed by atoms with Crippen molar-refractivity contribution in [2.24, 2.45) is 0 Å². The first kappa shape index (κ1) is 9.76. The highest BCUT2D eigenvalue weighted by atomic mass is 19.4. The molecule has 0 unspecified atom stereocenters. The Morgan fingerprint density at radius 2 is 1.83 bits per heavy atom. The van der Waals surface area contributed by atoms with Gasteiger partial charge >= 0.3 is 6.98 Å². The van der Waals surface area contributed by atoms with Gasteiger partial charge in [0.05, 0.1) is 6.54 Å². The molecule has 0 amide bonds. The number of nitrogens with zero attached hydrogens (tertiary/aromatic N) is 1. The number of hydrogen-bond donors (Lipinski definition) is 0. The zero-order valence-electron chi connectivity index (χ0n) is 6.24. The highest BCUT2D eigenvalue weighted by molar-refractivity contribution is 6.58. The predicted octanol–water partition coefficient (Wildman–Crippen LogP) is 1.71. The van der Waals surface area contributed by atoms with E-state index in [1.165, 1.54) is 0 Å². The van der Waals surface area contributed by atoms with Gasteiger partial charge < -0.3 is 17.8 Å². The van der Waals surface area contributed by atoms with E-state index < -0.39 is 32.3 Å². The molecule has 12 heavy (non-hydrogen) atoms. The van der Waals surface area contributed by atoms with Gasteiger partial charge in [0.25, 0.3) is 5.92 Å². The van der Waals surface area contributed by atoms with Gasteiger partial charge in [0.15, 0.2) is 0 Å². The van der Waals surface area contributed by atoms with E-state index in [2.05, 4.69) is 0 Å². The van der Waals surface area contributed by atoms with E-state index in [1.54, 1.807) is 0 Å². The molecule has 7 heteroatoms. The summed E-state index contributed by atoms with van der Waals surface area (Å²) in [6, 6.07) is 0. The smallest absolute Gasteiger partial charge is 0.448 e. The summed E-state index contributed by atoms with van der Waals surface area (Å²) in [6.07, 6.45) is -1.63. The van der Waals surface area contributed by atoms with Gasteiger partial charge in [-0.1, -0.05) is 0 Å². The van der Waals surface area contributed by atoms with E-state index >= 15 is 0 Å². The van der Waals surface area contributed by atoms with E-state index in [9.17, 15) is 21.7 Å². The third-order valence-electron chi connectivity index (χ3n) is 1.71. The number of rotatable bonds is 2. The molecule has 0 bridgehead atoms. The fraction of sp³-hybridized carbons (Fsp3) is 1.00. The molecule has 0 aromatic rings. The van der Waals surface area contributed by atoms with Crippen molar-refractivity contribution in [2.75, 3.05) is 19.5 Å². The molecule has 1 aliphatic rings. The van der Waals surface area contributed by atoms with E-state index in [0.717, 1.165) is 4.90 Å². The predicted molar refractivity (Wildman–Crippen MR) is 35.1 cm³/mol. The number of halogens is 5. The SMILES string of the molecule is F[B-](F)(F)CN1CCC(F)(F)C1. The Labute approximate surface area is 66.6 Å². The van der Waals surface area contributed by atoms with Crippen molar-refractivity contribution < 1.29 is 21.7 Å². The first-order valence-corrected chi connectivity index (χ1v) is 3.60. The van der Waals surface area contributed by atoms with Gasteiger partial charge in [0, 0.05) is 13.0 Å². The molecular formula is C5H8BF5N-. The van der Waals surface area contributed by atoms with Gasteiger partial charge in [-0.3, -0.25) is 0 Å². The largest absolute Gasteiger partial charge is 0.492 e. The molecule has 1 heterocycles. The van der Waals surface area contributed by atoms with Crippen LogP contribution < -0.4 is 0 Å². The number of alkyl halides is 2. The molecule has 1 aliphatic heterocycles. The van der Waals surface area contributed by atoms with Gasteiger partial charge in [-0.05, 0) is 6.44 Å². The molecule has 0 aromatic carbocycles. The summed E-state index contributed by atoms with van der Waals surface area (Å²) >= 11 is 0. The zero-order valence-corrected chi connectivity index (χ0v) is 6.24. The summed E-state index contributed by atoms with van der Waals surface area (Å²) in [5.41, 5.74) is 0. The molecule has 0 aromatic heterocycles. The summed E-state index contributed by atoms with van der Waals surface area (Å²) in [5.74, 6) is -2.93. The average Bonchev–Trinajstić information content (AvgIpc) is 2.05. The lowest BCUT2D eigenvalue weighted by Crippen LogP contribution is -2.37. The van der Waals surface area contributed by atoms with Crippen LogP contribution in [0.2, 0.25) is 0 Å². The third kappa shape index (κ3) is 2.96. The molecule has 72 valence electrons. The van der Waals surface area contributed by atoms with Crippen molar-refractivity contribution >= 4 is 6.98 Å². The third-order valence-corrected chi connectivity index (χ3v) is 1.71. The summed E-state index contributed by atoms with van der Waals surface area (Å²) in [6.45, 7) is -5.88. The van der Waals surface area contributed by atoms with Crippen LogP contribution in [-0.2, 0) is 0 Å². The van der Waals surface area contributed by atoms with E-state index in [4.69, 9.17) is 0 Å². The van der Waals surface area contributed by atoms with Crippen molar-refractivity contribution in [1.29, 1.82) is 0 Å². The normalized spacial score (nSPS) is 24.8. The van der Waals surface area contributed by atoms with Gasteiger partial charge in [-0.25, -0.2) is 8.78 Å². The maximum absolute atomic E-state index is 12.4. The molecule has 1 fully saturated rings. The van der Waals surface area contributed by atoms with E-state index in [-0.39, 0.29) is 6.54 Å². The molecule has 1 nitrogen and oxygen atoms in total. The maximum Gasteiger partial charge on any atom is 0.492 e. The van der Waals surface area contributed by atoms with Crippen molar-refractivity contribution in [3.8, 4) is 0 Å². The van der Waals surface area contributed by atoms with E-state index in [1.807, 2.05) is 0 Å². The Kier molecular flexibility index (Phi) is 2.33. The topological polar surface area (TPSA) is 3.24 Å². The fourth-order valence-corrected chi connectivity index (χ4v) is 1.26. The minimum absolute atomic E-state index is 0.158. The molecule has 0 spiro atoms. The molecule has 0 N–H and O–H groups in total. The van der Waals surface area contributed by atoms with Gasteiger partial charge in [0.2, 0.25) is 0 Å². The van der Waals surface area contributed by atoms with Crippen molar-refractivity contribution in [2.45, 2.75) is 12.3 Å². The number of likely N-dealkylation sites (tertiary alicyclic amines) is 1. The highest BCUT2D eigenvalue weighted by Crippen LogP contribution is 2.27. The molecule has 0 saturated carbocycles.